The molecule has 0 fully saturated rings. The predicted molar refractivity (Wildman–Crippen MR) is 264 cm³/mol. The molecule has 2 bridgehead atoms. The zero-order valence-corrected chi connectivity index (χ0v) is 40.1. The number of fused-ring (bicyclic) bond motifs is 4. The Bertz CT molecular complexity index is 2760. The number of hydrogen-bond acceptors (Lipinski definition) is 10. The van der Waals surface area contributed by atoms with Gasteiger partial charge in [-0.25, -0.2) is 4.79 Å². The molecule has 0 radical (unpaired) electrons. The standard InChI is InChI=1S/C59H60O10/c1-7-54(60)68-36-32-64-30-34-66-43-25-20-40(21-26-43)58(47-16-10-8-14-45(47)46-15-9-11-17-48(46)58)41-22-27-44(28-23-41)67-35-31-65-33-37-69-55(61)53-39-57(62-5)49-18-12-13-19-50(49)59(53,63-6)51-29-24-42(38-52(51)57)56(2,3)4/h7-29,38,53H,1,30-37,39H2,2-6H3. The van der Waals surface area contributed by atoms with Crippen molar-refractivity contribution in [1.29, 1.82) is 0 Å². The van der Waals surface area contributed by atoms with Crippen molar-refractivity contribution in [1.82, 2.24) is 0 Å². The first-order chi connectivity index (χ1) is 33.5. The highest BCUT2D eigenvalue weighted by molar-refractivity contribution is 5.86. The Hall–Kier alpha value is -6.56. The Kier molecular flexibility index (Phi) is 13.6. The lowest BCUT2D eigenvalue weighted by atomic mass is 9.53. The molecule has 6 aromatic carbocycles. The maximum atomic E-state index is 14.2. The molecule has 0 N–H and O–H groups in total. The van der Waals surface area contributed by atoms with Gasteiger partial charge in [0.25, 0.3) is 0 Å². The van der Waals surface area contributed by atoms with Crippen molar-refractivity contribution >= 4 is 11.9 Å². The molecule has 10 rings (SSSR count). The van der Waals surface area contributed by atoms with Gasteiger partial charge in [0.05, 0.1) is 37.8 Å². The maximum absolute atomic E-state index is 14.2. The topological polar surface area (TPSA) is 108 Å². The van der Waals surface area contributed by atoms with Crippen LogP contribution in [-0.2, 0) is 60.0 Å². The third kappa shape index (κ3) is 8.43. The monoisotopic (exact) mass is 928 g/mol. The summed E-state index contributed by atoms with van der Waals surface area (Å²) in [6.07, 6.45) is 1.52. The van der Waals surface area contributed by atoms with Gasteiger partial charge in [0.1, 0.15) is 49.1 Å². The Morgan fingerprint density at radius 2 is 1.06 bits per heavy atom. The van der Waals surface area contributed by atoms with Crippen molar-refractivity contribution in [2.24, 2.45) is 5.92 Å². The Balaban J connectivity index is 0.831. The molecule has 3 unspecified atom stereocenters. The van der Waals surface area contributed by atoms with Gasteiger partial charge in [-0.15, -0.1) is 0 Å². The largest absolute Gasteiger partial charge is 0.491 e. The highest BCUT2D eigenvalue weighted by atomic mass is 16.6. The molecule has 0 saturated carbocycles. The lowest BCUT2D eigenvalue weighted by Crippen LogP contribution is -2.58. The number of rotatable bonds is 20. The first-order valence-electron chi connectivity index (χ1n) is 23.7. The summed E-state index contributed by atoms with van der Waals surface area (Å²) in [5, 5.41) is 0. The summed E-state index contributed by atoms with van der Waals surface area (Å²) in [5.74, 6) is -0.0216. The van der Waals surface area contributed by atoms with E-state index in [0.717, 1.165) is 45.2 Å². The fraction of sp³-hybridized carbons (Fsp3) is 0.322. The van der Waals surface area contributed by atoms with Gasteiger partial charge in [-0.2, -0.15) is 0 Å². The average molecular weight is 929 g/mol. The van der Waals surface area contributed by atoms with Crippen molar-refractivity contribution in [3.05, 3.63) is 202 Å². The van der Waals surface area contributed by atoms with E-state index in [1.807, 2.05) is 42.5 Å². The summed E-state index contributed by atoms with van der Waals surface area (Å²) in [5.41, 5.74) is 9.56. The van der Waals surface area contributed by atoms with Gasteiger partial charge in [-0.1, -0.05) is 143 Å². The molecular weight excluding hydrogens is 869 g/mol. The van der Waals surface area contributed by atoms with Crippen LogP contribution in [0.3, 0.4) is 0 Å². The Labute approximate surface area is 405 Å². The molecule has 0 spiro atoms. The van der Waals surface area contributed by atoms with Crippen LogP contribution in [0.5, 0.6) is 11.5 Å². The van der Waals surface area contributed by atoms with E-state index in [4.69, 9.17) is 37.9 Å². The van der Waals surface area contributed by atoms with Crippen LogP contribution in [0.25, 0.3) is 11.1 Å². The zero-order chi connectivity index (χ0) is 48.2. The quantitative estimate of drug-likeness (QED) is 0.0417. The molecule has 4 aliphatic rings. The van der Waals surface area contributed by atoms with Crippen LogP contribution in [0.15, 0.2) is 152 Å². The van der Waals surface area contributed by atoms with Gasteiger partial charge >= 0.3 is 11.9 Å². The van der Waals surface area contributed by atoms with Crippen LogP contribution in [0.2, 0.25) is 0 Å². The number of carbonyl (C=O) groups excluding carboxylic acids is 2. The van der Waals surface area contributed by atoms with Gasteiger partial charge in [0.15, 0.2) is 0 Å². The minimum absolute atomic E-state index is 0.0765. The van der Waals surface area contributed by atoms with Crippen LogP contribution in [0.4, 0.5) is 0 Å². The minimum Gasteiger partial charge on any atom is -0.491 e. The van der Waals surface area contributed by atoms with Gasteiger partial charge in [0.2, 0.25) is 0 Å². The van der Waals surface area contributed by atoms with E-state index in [0.29, 0.717) is 38.6 Å². The summed E-state index contributed by atoms with van der Waals surface area (Å²) in [4.78, 5) is 25.4. The summed E-state index contributed by atoms with van der Waals surface area (Å²) in [7, 11) is 3.40. The number of benzene rings is 6. The molecule has 0 aromatic heterocycles. The smallest absolute Gasteiger partial charge is 0.330 e. The van der Waals surface area contributed by atoms with Crippen molar-refractivity contribution in [3.63, 3.8) is 0 Å². The van der Waals surface area contributed by atoms with Crippen molar-refractivity contribution in [2.75, 3.05) is 67.1 Å². The lowest BCUT2D eigenvalue weighted by molar-refractivity contribution is -0.174. The van der Waals surface area contributed by atoms with Gasteiger partial charge in [0, 0.05) is 26.7 Å². The van der Waals surface area contributed by atoms with Crippen molar-refractivity contribution in [2.45, 2.75) is 49.2 Å². The molecule has 0 saturated heterocycles. The highest BCUT2D eigenvalue weighted by Crippen LogP contribution is 2.63. The maximum Gasteiger partial charge on any atom is 0.330 e. The third-order valence-electron chi connectivity index (χ3n) is 14.1. The molecule has 69 heavy (non-hydrogen) atoms. The van der Waals surface area contributed by atoms with E-state index in [1.165, 1.54) is 27.8 Å². The SMILES string of the molecule is C=CC(=O)OCCOCCOc1ccc(C2(c3ccc(OCCOCCOC(=O)C4CC5(OC)c6ccccc6C4(OC)c4ccc(C(C)(C)C)cc45)cc3)c3ccccc3-c3ccccc32)cc1. The van der Waals surface area contributed by atoms with E-state index < -0.39 is 28.5 Å². The molecule has 0 aliphatic heterocycles. The molecule has 0 amide bonds. The molecule has 356 valence electrons. The fourth-order valence-corrected chi connectivity index (χ4v) is 10.9. The van der Waals surface area contributed by atoms with Crippen molar-refractivity contribution < 1.29 is 47.5 Å². The molecule has 0 heterocycles. The van der Waals surface area contributed by atoms with Gasteiger partial charge < -0.3 is 37.9 Å². The second-order valence-corrected chi connectivity index (χ2v) is 18.6. The second-order valence-electron chi connectivity index (χ2n) is 18.6. The average Bonchev–Trinajstić information content (AvgIpc) is 3.68. The predicted octanol–water partition coefficient (Wildman–Crippen LogP) is 10.2. The summed E-state index contributed by atoms with van der Waals surface area (Å²) < 4.78 is 47.6. The van der Waals surface area contributed by atoms with Gasteiger partial charge in [-0.05, 0) is 90.9 Å². The van der Waals surface area contributed by atoms with E-state index in [9.17, 15) is 9.59 Å². The summed E-state index contributed by atoms with van der Waals surface area (Å²) in [6, 6.07) is 48.4. The van der Waals surface area contributed by atoms with Crippen molar-refractivity contribution in [3.8, 4) is 22.6 Å². The Morgan fingerprint density at radius 3 is 1.58 bits per heavy atom. The number of hydrogen-bond donors (Lipinski definition) is 0. The van der Waals surface area contributed by atoms with Crippen LogP contribution >= 0.6 is 0 Å². The molecule has 10 nitrogen and oxygen atoms in total. The van der Waals surface area contributed by atoms with Gasteiger partial charge in [-0.3, -0.25) is 4.79 Å². The van der Waals surface area contributed by atoms with Crippen LogP contribution < -0.4 is 9.47 Å². The molecule has 4 aliphatic carbocycles. The number of carbonyl (C=O) groups is 2. The summed E-state index contributed by atoms with van der Waals surface area (Å²) >= 11 is 0. The molecule has 6 aromatic rings. The third-order valence-corrected chi connectivity index (χ3v) is 14.1. The number of esters is 2. The first-order valence-corrected chi connectivity index (χ1v) is 23.7. The Morgan fingerprint density at radius 1 is 0.565 bits per heavy atom. The molecular formula is C59H60O10. The zero-order valence-electron chi connectivity index (χ0n) is 40.1. The first kappa shape index (κ1) is 47.5. The van der Waals surface area contributed by atoms with E-state index >= 15 is 0 Å². The van der Waals surface area contributed by atoms with E-state index in [1.54, 1.807) is 14.2 Å². The lowest BCUT2D eigenvalue weighted by Gasteiger charge is -2.57. The summed E-state index contributed by atoms with van der Waals surface area (Å²) in [6.45, 7) is 12.1. The van der Waals surface area contributed by atoms with Crippen LogP contribution in [0.1, 0.15) is 77.3 Å². The molecule has 3 atom stereocenters. The second kappa shape index (κ2) is 19.8. The van der Waals surface area contributed by atoms with E-state index in [-0.39, 0.29) is 37.8 Å². The highest BCUT2D eigenvalue weighted by Gasteiger charge is 2.64. The molecule has 10 heteroatoms. The fourth-order valence-electron chi connectivity index (χ4n) is 10.9. The van der Waals surface area contributed by atoms with E-state index in [2.05, 4.69) is 124 Å². The number of ether oxygens (including phenoxy) is 8. The van der Waals surface area contributed by atoms with Crippen LogP contribution in [-0.4, -0.2) is 79.0 Å². The van der Waals surface area contributed by atoms with Crippen LogP contribution in [0, 0.1) is 5.92 Å². The minimum atomic E-state index is -1.03. The normalized spacial score (nSPS) is 19.1. The number of methoxy groups -OCH3 is 2.